The summed E-state index contributed by atoms with van der Waals surface area (Å²) in [7, 11) is 0. The van der Waals surface area contributed by atoms with Crippen molar-refractivity contribution in [1.29, 1.82) is 0 Å². The summed E-state index contributed by atoms with van der Waals surface area (Å²) in [5, 5.41) is 45.4. The van der Waals surface area contributed by atoms with E-state index in [0.29, 0.717) is 33.8 Å². The van der Waals surface area contributed by atoms with Gasteiger partial charge < -0.3 is 15.3 Å². The first kappa shape index (κ1) is 30.0. The monoisotopic (exact) mass is 655 g/mol. The Balaban J connectivity index is 1.26. The van der Waals surface area contributed by atoms with Crippen LogP contribution in [0.25, 0.3) is 27.9 Å². The first-order valence-electron chi connectivity index (χ1n) is 14.9. The average Bonchev–Trinajstić information content (AvgIpc) is 3.89. The molecule has 0 radical (unpaired) electrons. The number of aromatic nitrogens is 10. The fourth-order valence-corrected chi connectivity index (χ4v) is 5.94. The van der Waals surface area contributed by atoms with Crippen LogP contribution >= 0.6 is 11.6 Å². The molecule has 0 bridgehead atoms. The molecule has 1 aliphatic rings. The number of carbonyl (C=O) groups excluding carboxylic acids is 1. The molecular formula is C31H27ClFN11O3. The van der Waals surface area contributed by atoms with Gasteiger partial charge in [-0.25, -0.2) is 4.39 Å². The number of rotatable bonds is 8. The molecule has 1 amide bonds. The molecule has 6 aromatic rings. The Kier molecular flexibility index (Phi) is 8.03. The first-order valence-corrected chi connectivity index (χ1v) is 15.2. The van der Waals surface area contributed by atoms with Crippen molar-refractivity contribution < 1.29 is 18.6 Å². The van der Waals surface area contributed by atoms with Crippen LogP contribution in [0.2, 0.25) is 5.02 Å². The molecule has 1 aliphatic heterocycles. The van der Waals surface area contributed by atoms with Crippen molar-refractivity contribution in [1.82, 2.24) is 44.7 Å². The van der Waals surface area contributed by atoms with E-state index in [1.807, 2.05) is 4.90 Å². The molecule has 5 aromatic heterocycles. The van der Waals surface area contributed by atoms with Crippen LogP contribution in [0.15, 0.2) is 86.1 Å². The average molecular weight is 656 g/mol. The summed E-state index contributed by atoms with van der Waals surface area (Å²) >= 11 is 6.14. The van der Waals surface area contributed by atoms with Gasteiger partial charge in [0.25, 0.3) is 5.91 Å². The molecule has 1 fully saturated rings. The van der Waals surface area contributed by atoms with Crippen LogP contribution in [0.4, 0.5) is 4.39 Å². The number of hydrogen-bond donors (Lipinski definition) is 0. The molecule has 1 unspecified atom stereocenters. The molecule has 16 heteroatoms. The van der Waals surface area contributed by atoms with Gasteiger partial charge in [-0.1, -0.05) is 11.6 Å². The van der Waals surface area contributed by atoms with Crippen molar-refractivity contribution in [2.75, 3.05) is 13.1 Å². The van der Waals surface area contributed by atoms with Crippen LogP contribution < -0.4 is 9.46 Å². The standard InChI is InChI=1S/C31H27ClFN11O3/c32-25-5-7-27(43-20-34-37-38-43)29(30(25)33)22-4-6-26(44(47)18-22)28(42-17-23(14-36-42)21-8-12-41(46)13-9-21)19-40-16-24(15-35-40)31(45)39-10-2-1-3-11-39/h4-9,12-18,20,28H,1-3,10-11,19H2. The number of hydrogen-bond acceptors (Lipinski definition) is 8. The number of piperidine rings is 1. The highest BCUT2D eigenvalue weighted by Crippen LogP contribution is 2.33. The topological polar surface area (TPSA) is 153 Å². The second-order valence-corrected chi connectivity index (χ2v) is 11.6. The summed E-state index contributed by atoms with van der Waals surface area (Å²) in [5.74, 6) is -0.816. The summed E-state index contributed by atoms with van der Waals surface area (Å²) in [5.41, 5.74) is 2.80. The Morgan fingerprint density at radius 3 is 2.51 bits per heavy atom. The first-order chi connectivity index (χ1) is 22.9. The van der Waals surface area contributed by atoms with Crippen molar-refractivity contribution in [3.05, 3.63) is 119 Å². The quantitative estimate of drug-likeness (QED) is 0.179. The van der Waals surface area contributed by atoms with Crippen LogP contribution in [0.1, 0.15) is 41.4 Å². The second kappa shape index (κ2) is 12.6. The molecule has 14 nitrogen and oxygen atoms in total. The number of tetrazole rings is 1. The van der Waals surface area contributed by atoms with Crippen molar-refractivity contribution in [2.45, 2.75) is 31.8 Å². The van der Waals surface area contributed by atoms with Crippen molar-refractivity contribution >= 4 is 17.5 Å². The molecule has 0 N–H and O–H groups in total. The van der Waals surface area contributed by atoms with Crippen LogP contribution in [0.5, 0.6) is 0 Å². The maximum atomic E-state index is 15.5. The van der Waals surface area contributed by atoms with E-state index in [1.54, 1.807) is 58.3 Å². The van der Waals surface area contributed by atoms with E-state index < -0.39 is 11.9 Å². The van der Waals surface area contributed by atoms with Gasteiger partial charge in [-0.15, -0.1) is 5.10 Å². The van der Waals surface area contributed by atoms with E-state index in [4.69, 9.17) is 11.6 Å². The fraction of sp³-hybridized carbons (Fsp3) is 0.226. The lowest BCUT2D eigenvalue weighted by molar-refractivity contribution is -0.615. The van der Waals surface area contributed by atoms with Gasteiger partial charge in [0.05, 0.1) is 46.3 Å². The Morgan fingerprint density at radius 2 is 1.77 bits per heavy atom. The van der Waals surface area contributed by atoms with Gasteiger partial charge in [0.2, 0.25) is 5.69 Å². The number of benzene rings is 1. The summed E-state index contributed by atoms with van der Waals surface area (Å²) in [4.78, 5) is 15.0. The van der Waals surface area contributed by atoms with E-state index in [-0.39, 0.29) is 34.3 Å². The molecule has 47 heavy (non-hydrogen) atoms. The third kappa shape index (κ3) is 6.00. The van der Waals surface area contributed by atoms with Gasteiger partial charge in [-0.2, -0.15) is 24.3 Å². The Hall–Kier alpha value is -5.70. The second-order valence-electron chi connectivity index (χ2n) is 11.2. The Labute approximate surface area is 272 Å². The summed E-state index contributed by atoms with van der Waals surface area (Å²) in [6, 6.07) is 8.78. The number of amides is 1. The number of pyridine rings is 2. The molecule has 1 atom stereocenters. The van der Waals surface area contributed by atoms with Gasteiger partial charge in [-0.3, -0.25) is 14.2 Å². The SMILES string of the molecule is O=C(c1cnn(CC(c2ccc(-c3c(-n4cnnn4)ccc(Cl)c3F)c[n+]2[O-])n2cc(-c3cc[n+]([O-])cc3)cn2)c1)N1CCCCC1. The lowest BCUT2D eigenvalue weighted by Crippen LogP contribution is -2.37. The van der Waals surface area contributed by atoms with Gasteiger partial charge in [-0.05, 0) is 53.5 Å². The van der Waals surface area contributed by atoms with Crippen molar-refractivity contribution in [3.8, 4) is 27.9 Å². The van der Waals surface area contributed by atoms with Crippen LogP contribution in [0.3, 0.4) is 0 Å². The van der Waals surface area contributed by atoms with Gasteiger partial charge in [0.15, 0.2) is 30.4 Å². The zero-order valence-corrected chi connectivity index (χ0v) is 25.6. The molecule has 1 aromatic carbocycles. The molecule has 7 rings (SSSR count). The third-order valence-electron chi connectivity index (χ3n) is 8.18. The van der Waals surface area contributed by atoms with E-state index in [1.165, 1.54) is 41.9 Å². The van der Waals surface area contributed by atoms with Gasteiger partial charge in [0, 0.05) is 49.2 Å². The molecule has 6 heterocycles. The minimum atomic E-state index is -0.731. The molecular weight excluding hydrogens is 629 g/mol. The van der Waals surface area contributed by atoms with Crippen LogP contribution in [-0.2, 0) is 6.54 Å². The number of carbonyl (C=O) groups is 1. The fourth-order valence-electron chi connectivity index (χ4n) is 5.78. The molecule has 0 saturated carbocycles. The van der Waals surface area contributed by atoms with Crippen LogP contribution in [-0.4, -0.2) is 63.7 Å². The normalized spacial score (nSPS) is 14.0. The van der Waals surface area contributed by atoms with Gasteiger partial charge >= 0.3 is 0 Å². The molecule has 0 spiro atoms. The number of nitrogens with zero attached hydrogens (tertiary/aromatic N) is 11. The molecule has 1 saturated heterocycles. The summed E-state index contributed by atoms with van der Waals surface area (Å²) in [6.45, 7) is 1.56. The third-order valence-corrected chi connectivity index (χ3v) is 8.47. The Morgan fingerprint density at radius 1 is 0.957 bits per heavy atom. The molecule has 0 aliphatic carbocycles. The van der Waals surface area contributed by atoms with E-state index in [9.17, 15) is 15.2 Å². The lowest BCUT2D eigenvalue weighted by Gasteiger charge is -2.26. The maximum Gasteiger partial charge on any atom is 0.257 e. The lowest BCUT2D eigenvalue weighted by atomic mass is 10.0. The van der Waals surface area contributed by atoms with E-state index in [0.717, 1.165) is 30.4 Å². The number of halogens is 2. The zero-order chi connectivity index (χ0) is 32.5. The highest BCUT2D eigenvalue weighted by Gasteiger charge is 2.28. The predicted octanol–water partition coefficient (Wildman–Crippen LogP) is 3.36. The van der Waals surface area contributed by atoms with Crippen molar-refractivity contribution in [3.63, 3.8) is 0 Å². The smallest absolute Gasteiger partial charge is 0.257 e. The number of likely N-dealkylation sites (tertiary alicyclic amines) is 1. The highest BCUT2D eigenvalue weighted by molar-refractivity contribution is 6.31. The zero-order valence-electron chi connectivity index (χ0n) is 24.8. The summed E-state index contributed by atoms with van der Waals surface area (Å²) < 4.78 is 21.3. The predicted molar refractivity (Wildman–Crippen MR) is 165 cm³/mol. The minimum Gasteiger partial charge on any atom is -0.619 e. The van der Waals surface area contributed by atoms with Gasteiger partial charge in [0.1, 0.15) is 6.33 Å². The highest BCUT2D eigenvalue weighted by atomic mass is 35.5. The van der Waals surface area contributed by atoms with Crippen LogP contribution in [0, 0.1) is 16.2 Å². The largest absolute Gasteiger partial charge is 0.619 e. The molecule has 238 valence electrons. The Bertz CT molecular complexity index is 2040. The maximum absolute atomic E-state index is 15.5. The minimum absolute atomic E-state index is 0.0477. The van der Waals surface area contributed by atoms with Crippen molar-refractivity contribution in [2.24, 2.45) is 0 Å². The summed E-state index contributed by atoms with van der Waals surface area (Å²) in [6.07, 6.45) is 15.0. The van der Waals surface area contributed by atoms with E-state index in [2.05, 4.69) is 25.7 Å². The van der Waals surface area contributed by atoms with E-state index >= 15 is 4.39 Å².